The maximum absolute atomic E-state index is 10.7. The monoisotopic (exact) mass is 381 g/mol. The highest BCUT2D eigenvalue weighted by molar-refractivity contribution is 8.93. The standard InChI is InChI=1S/C9H20NO8P.BrH/c11-2-6(13)7-9(15)8(14)5(10-7)1-4(12)3-19(16,17)18;/h4-15H,1-3H2,(H2,16,17,18);1H/t4-,5-,6+,7-,8-,9-;/m0./s1. The zero-order valence-corrected chi connectivity index (χ0v) is 13.1. The molecule has 122 valence electrons. The van der Waals surface area contributed by atoms with E-state index in [0.717, 1.165) is 0 Å². The van der Waals surface area contributed by atoms with Gasteiger partial charge in [0.25, 0.3) is 0 Å². The van der Waals surface area contributed by atoms with Gasteiger partial charge < -0.3 is 40.6 Å². The number of nitrogens with one attached hydrogen (secondary N) is 1. The first-order valence-corrected chi connectivity index (χ1v) is 7.59. The Morgan fingerprint density at radius 2 is 1.70 bits per heavy atom. The van der Waals surface area contributed by atoms with Gasteiger partial charge in [-0.1, -0.05) is 0 Å². The van der Waals surface area contributed by atoms with E-state index in [4.69, 9.17) is 14.9 Å². The SMILES string of the molecule is Br.O=P(O)(O)C[C@@H](O)C[C@@H]1N[C@@H]([C@H](O)CO)[C@H](O)[C@H]1O. The Morgan fingerprint density at radius 1 is 1.15 bits per heavy atom. The number of aliphatic hydroxyl groups excluding tert-OH is 5. The largest absolute Gasteiger partial charge is 0.394 e. The van der Waals surface area contributed by atoms with Crippen LogP contribution in [0.15, 0.2) is 0 Å². The molecule has 1 heterocycles. The van der Waals surface area contributed by atoms with Gasteiger partial charge in [-0.05, 0) is 6.42 Å². The quantitative estimate of drug-likeness (QED) is 0.222. The zero-order valence-electron chi connectivity index (χ0n) is 10.5. The lowest BCUT2D eigenvalue weighted by atomic mass is 10.0. The molecule has 1 aliphatic heterocycles. The number of hydrogen-bond donors (Lipinski definition) is 8. The minimum absolute atomic E-state index is 0. The van der Waals surface area contributed by atoms with E-state index in [1.54, 1.807) is 0 Å². The van der Waals surface area contributed by atoms with Crippen molar-refractivity contribution in [3.8, 4) is 0 Å². The number of aliphatic hydroxyl groups is 5. The third-order valence-electron chi connectivity index (χ3n) is 3.11. The molecule has 0 radical (unpaired) electrons. The average Bonchev–Trinajstić information content (AvgIpc) is 2.54. The van der Waals surface area contributed by atoms with E-state index < -0.39 is 56.9 Å². The topological polar surface area (TPSA) is 171 Å². The molecule has 0 amide bonds. The third-order valence-corrected chi connectivity index (χ3v) is 4.01. The summed E-state index contributed by atoms with van der Waals surface area (Å²) >= 11 is 0. The molecule has 20 heavy (non-hydrogen) atoms. The molecule has 1 rings (SSSR count). The fourth-order valence-corrected chi connectivity index (χ4v) is 2.89. The van der Waals surface area contributed by atoms with E-state index in [0.29, 0.717) is 0 Å². The highest BCUT2D eigenvalue weighted by Crippen LogP contribution is 2.36. The highest BCUT2D eigenvalue weighted by Gasteiger charge is 2.44. The normalized spacial score (nSPS) is 33.5. The van der Waals surface area contributed by atoms with Crippen LogP contribution >= 0.6 is 24.6 Å². The first-order valence-electron chi connectivity index (χ1n) is 5.79. The molecule has 0 aliphatic carbocycles. The highest BCUT2D eigenvalue weighted by atomic mass is 79.9. The van der Waals surface area contributed by atoms with Crippen LogP contribution in [0.2, 0.25) is 0 Å². The molecule has 0 aromatic carbocycles. The molecule has 0 aromatic heterocycles. The van der Waals surface area contributed by atoms with Gasteiger partial charge in [-0.2, -0.15) is 0 Å². The van der Waals surface area contributed by atoms with Crippen molar-refractivity contribution in [2.75, 3.05) is 12.8 Å². The summed E-state index contributed by atoms with van der Waals surface area (Å²) < 4.78 is 10.7. The third kappa shape index (κ3) is 5.64. The lowest BCUT2D eigenvalue weighted by Gasteiger charge is -2.20. The van der Waals surface area contributed by atoms with Crippen LogP contribution in [0.25, 0.3) is 0 Å². The minimum Gasteiger partial charge on any atom is -0.394 e. The van der Waals surface area contributed by atoms with Crippen molar-refractivity contribution >= 4 is 24.6 Å². The number of halogens is 1. The van der Waals surface area contributed by atoms with E-state index >= 15 is 0 Å². The van der Waals surface area contributed by atoms with Gasteiger partial charge >= 0.3 is 7.60 Å². The molecule has 0 bridgehead atoms. The van der Waals surface area contributed by atoms with Crippen LogP contribution in [0.3, 0.4) is 0 Å². The smallest absolute Gasteiger partial charge is 0.328 e. The lowest BCUT2D eigenvalue weighted by molar-refractivity contribution is -0.0145. The van der Waals surface area contributed by atoms with Crippen molar-refractivity contribution in [2.45, 2.75) is 42.9 Å². The second kappa shape index (κ2) is 8.14. The molecule has 0 unspecified atom stereocenters. The van der Waals surface area contributed by atoms with Gasteiger partial charge in [-0.15, -0.1) is 17.0 Å². The predicted molar refractivity (Wildman–Crippen MR) is 73.7 cm³/mol. The maximum Gasteiger partial charge on any atom is 0.328 e. The zero-order chi connectivity index (χ0) is 14.8. The van der Waals surface area contributed by atoms with Crippen molar-refractivity contribution in [3.63, 3.8) is 0 Å². The van der Waals surface area contributed by atoms with Gasteiger partial charge in [0.2, 0.25) is 0 Å². The second-order valence-corrected chi connectivity index (χ2v) is 6.46. The Labute approximate surface area is 126 Å². The maximum atomic E-state index is 10.7. The molecule has 1 saturated heterocycles. The van der Waals surface area contributed by atoms with Crippen LogP contribution in [-0.2, 0) is 4.57 Å². The summed E-state index contributed by atoms with van der Waals surface area (Å²) in [5.41, 5.74) is 0. The Hall–Kier alpha value is 0.390. The molecule has 8 N–H and O–H groups in total. The summed E-state index contributed by atoms with van der Waals surface area (Å²) in [5.74, 6) is 0. The molecule has 6 atom stereocenters. The molecule has 11 heteroatoms. The minimum atomic E-state index is -4.37. The summed E-state index contributed by atoms with van der Waals surface area (Å²) in [5, 5.41) is 49.7. The Bertz CT molecular complexity index is 342. The van der Waals surface area contributed by atoms with Gasteiger partial charge in [0.15, 0.2) is 0 Å². The van der Waals surface area contributed by atoms with E-state index in [9.17, 15) is 25.0 Å². The Kier molecular flexibility index (Phi) is 8.29. The van der Waals surface area contributed by atoms with Crippen molar-refractivity contribution in [1.29, 1.82) is 0 Å². The van der Waals surface area contributed by atoms with Gasteiger partial charge in [0.1, 0.15) is 0 Å². The van der Waals surface area contributed by atoms with Crippen molar-refractivity contribution < 1.29 is 39.9 Å². The average molecular weight is 382 g/mol. The van der Waals surface area contributed by atoms with Crippen molar-refractivity contribution in [2.24, 2.45) is 0 Å². The van der Waals surface area contributed by atoms with Gasteiger partial charge in [-0.3, -0.25) is 4.57 Å². The van der Waals surface area contributed by atoms with Gasteiger partial charge in [0.05, 0.1) is 43.2 Å². The van der Waals surface area contributed by atoms with Crippen LogP contribution in [0.1, 0.15) is 6.42 Å². The van der Waals surface area contributed by atoms with Crippen LogP contribution < -0.4 is 5.32 Å². The molecule has 1 fully saturated rings. The first kappa shape index (κ1) is 20.4. The van der Waals surface area contributed by atoms with Crippen molar-refractivity contribution in [1.82, 2.24) is 5.32 Å². The molecule has 0 spiro atoms. The van der Waals surface area contributed by atoms with E-state index in [2.05, 4.69) is 5.32 Å². The van der Waals surface area contributed by atoms with Crippen LogP contribution in [-0.4, -0.2) is 84.6 Å². The summed E-state index contributed by atoms with van der Waals surface area (Å²) in [6.07, 6.45) is -6.23. The number of rotatable bonds is 6. The summed E-state index contributed by atoms with van der Waals surface area (Å²) in [4.78, 5) is 17.4. The van der Waals surface area contributed by atoms with E-state index in [1.807, 2.05) is 0 Å². The van der Waals surface area contributed by atoms with Crippen molar-refractivity contribution in [3.05, 3.63) is 0 Å². The second-order valence-electron chi connectivity index (χ2n) is 4.77. The van der Waals surface area contributed by atoms with E-state index in [1.165, 1.54) is 0 Å². The van der Waals surface area contributed by atoms with E-state index in [-0.39, 0.29) is 23.4 Å². The van der Waals surface area contributed by atoms with Gasteiger partial charge in [-0.25, -0.2) is 0 Å². The van der Waals surface area contributed by atoms with Crippen LogP contribution in [0.4, 0.5) is 0 Å². The summed E-state index contributed by atoms with van der Waals surface area (Å²) in [6.45, 7) is -0.612. The molecule has 0 saturated carbocycles. The lowest BCUT2D eigenvalue weighted by Crippen LogP contribution is -2.45. The molecular weight excluding hydrogens is 361 g/mol. The van der Waals surface area contributed by atoms with Gasteiger partial charge in [0, 0.05) is 6.04 Å². The Morgan fingerprint density at radius 3 is 2.15 bits per heavy atom. The fraction of sp³-hybridized carbons (Fsp3) is 1.00. The molecule has 0 aromatic rings. The predicted octanol–water partition coefficient (Wildman–Crippen LogP) is -3.09. The fourth-order valence-electron chi connectivity index (χ4n) is 2.20. The molecular formula is C9H21BrNO8P. The summed E-state index contributed by atoms with van der Waals surface area (Å²) in [7, 11) is -4.37. The Balaban J connectivity index is 0.00000361. The van der Waals surface area contributed by atoms with Crippen LogP contribution in [0.5, 0.6) is 0 Å². The first-order chi connectivity index (χ1) is 8.65. The number of hydrogen-bond acceptors (Lipinski definition) is 7. The summed E-state index contributed by atoms with van der Waals surface area (Å²) in [6, 6.07) is -1.80. The van der Waals surface area contributed by atoms with Crippen LogP contribution in [0, 0.1) is 0 Å². The molecule has 9 nitrogen and oxygen atoms in total. The molecule has 1 aliphatic rings.